The first-order chi connectivity index (χ1) is 20.5. The number of aromatic nitrogens is 2. The van der Waals surface area contributed by atoms with Crippen molar-refractivity contribution in [1.82, 2.24) is 19.8 Å². The zero-order valence-corrected chi connectivity index (χ0v) is 25.9. The highest BCUT2D eigenvalue weighted by Crippen LogP contribution is 2.61. The number of aliphatic imine (C=N–C) groups is 1. The Morgan fingerprint density at radius 1 is 1.14 bits per heavy atom. The molecular formula is C34H45FN6O2. The fraction of sp³-hybridized carbons (Fsp3) is 0.559. The van der Waals surface area contributed by atoms with Crippen LogP contribution in [0.5, 0.6) is 0 Å². The molecule has 9 heteroatoms. The average Bonchev–Trinajstić information content (AvgIpc) is 2.97. The Balaban J connectivity index is 1.27. The lowest BCUT2D eigenvalue weighted by Crippen LogP contribution is -2.59. The standard InChI is InChI=1S/C34H45FN6O2/c1-20-16-40(17-21(2)37-20)33(39-30-14-24-13-29(22(30)3)34(24,4)5)38-26-10-11-28-31(15-26)36-19-41(32(28)43)27(18-42)12-23-6-8-25(35)9-7-23/h6-11,15,19-22,24,27,29-30,37,42H,12-14,16-18H2,1-5H3,(H,38,39). The molecule has 3 saturated carbocycles. The Morgan fingerprint density at radius 3 is 2.51 bits per heavy atom. The summed E-state index contributed by atoms with van der Waals surface area (Å²) in [5.74, 6) is 2.53. The van der Waals surface area contributed by atoms with Crippen molar-refractivity contribution in [3.63, 3.8) is 0 Å². The van der Waals surface area contributed by atoms with Crippen LogP contribution >= 0.6 is 0 Å². The molecule has 1 aliphatic heterocycles. The molecule has 2 bridgehead atoms. The van der Waals surface area contributed by atoms with Crippen LogP contribution in [0.25, 0.3) is 10.9 Å². The summed E-state index contributed by atoms with van der Waals surface area (Å²) in [6.45, 7) is 13.1. The van der Waals surface area contributed by atoms with E-state index < -0.39 is 6.04 Å². The van der Waals surface area contributed by atoms with E-state index in [2.05, 4.69) is 55.1 Å². The first-order valence-corrected chi connectivity index (χ1v) is 15.8. The number of aliphatic hydroxyl groups is 1. The number of hydrogen-bond donors (Lipinski definition) is 3. The van der Waals surface area contributed by atoms with Crippen molar-refractivity contribution >= 4 is 22.5 Å². The number of nitrogens with one attached hydrogen (secondary N) is 2. The molecule has 8 nitrogen and oxygen atoms in total. The van der Waals surface area contributed by atoms with Gasteiger partial charge < -0.3 is 20.6 Å². The van der Waals surface area contributed by atoms with E-state index in [9.17, 15) is 14.3 Å². The van der Waals surface area contributed by atoms with Crippen molar-refractivity contribution in [2.75, 3.05) is 25.0 Å². The molecule has 0 spiro atoms. The van der Waals surface area contributed by atoms with Crippen LogP contribution in [-0.2, 0) is 6.42 Å². The van der Waals surface area contributed by atoms with E-state index in [0.29, 0.717) is 46.7 Å². The van der Waals surface area contributed by atoms with Gasteiger partial charge in [0.1, 0.15) is 5.82 Å². The smallest absolute Gasteiger partial charge is 0.261 e. The first-order valence-electron chi connectivity index (χ1n) is 15.8. The zero-order chi connectivity index (χ0) is 30.5. The summed E-state index contributed by atoms with van der Waals surface area (Å²) in [5, 5.41) is 17.8. The lowest BCUT2D eigenvalue weighted by atomic mass is 9.45. The molecule has 7 atom stereocenters. The van der Waals surface area contributed by atoms with E-state index >= 15 is 0 Å². The van der Waals surface area contributed by atoms with Gasteiger partial charge in [-0.2, -0.15) is 0 Å². The van der Waals surface area contributed by atoms with Crippen LogP contribution in [0.4, 0.5) is 10.1 Å². The highest BCUT2D eigenvalue weighted by Gasteiger charge is 2.56. The Kier molecular flexibility index (Phi) is 8.07. The minimum absolute atomic E-state index is 0.214. The number of halogens is 1. The Morgan fingerprint density at radius 2 is 1.86 bits per heavy atom. The van der Waals surface area contributed by atoms with E-state index in [-0.39, 0.29) is 24.0 Å². The Bertz CT molecular complexity index is 1540. The van der Waals surface area contributed by atoms with Crippen LogP contribution in [-0.4, -0.2) is 63.3 Å². The van der Waals surface area contributed by atoms with Gasteiger partial charge in [0.2, 0.25) is 0 Å². The zero-order valence-electron chi connectivity index (χ0n) is 25.9. The van der Waals surface area contributed by atoms with Crippen molar-refractivity contribution in [1.29, 1.82) is 0 Å². The number of anilines is 1. The van der Waals surface area contributed by atoms with Crippen LogP contribution < -0.4 is 16.2 Å². The second-order valence-corrected chi connectivity index (χ2v) is 13.8. The van der Waals surface area contributed by atoms with Crippen LogP contribution in [0.1, 0.15) is 59.1 Å². The van der Waals surface area contributed by atoms with Gasteiger partial charge in [-0.3, -0.25) is 9.36 Å². The predicted octanol–water partition coefficient (Wildman–Crippen LogP) is 4.83. The van der Waals surface area contributed by atoms with E-state index in [1.807, 2.05) is 12.1 Å². The number of aliphatic hydroxyl groups excluding tert-OH is 1. The van der Waals surface area contributed by atoms with Crippen molar-refractivity contribution < 1.29 is 9.50 Å². The maximum Gasteiger partial charge on any atom is 0.261 e. The summed E-state index contributed by atoms with van der Waals surface area (Å²) in [4.78, 5) is 25.9. The van der Waals surface area contributed by atoms with E-state index in [1.54, 1.807) is 18.2 Å². The van der Waals surface area contributed by atoms with E-state index in [1.165, 1.54) is 29.4 Å². The van der Waals surface area contributed by atoms with Gasteiger partial charge in [0.15, 0.2) is 5.96 Å². The Labute approximate surface area is 253 Å². The van der Waals surface area contributed by atoms with Crippen molar-refractivity contribution in [2.45, 2.75) is 78.0 Å². The molecule has 4 aliphatic rings. The van der Waals surface area contributed by atoms with Gasteiger partial charge in [-0.05, 0) is 92.2 Å². The molecule has 230 valence electrons. The summed E-state index contributed by atoms with van der Waals surface area (Å²) in [6, 6.07) is 12.2. The molecule has 1 saturated heterocycles. The lowest BCUT2D eigenvalue weighted by molar-refractivity contribution is -0.108. The van der Waals surface area contributed by atoms with Gasteiger partial charge in [-0.15, -0.1) is 0 Å². The summed E-state index contributed by atoms with van der Waals surface area (Å²) in [6.07, 6.45) is 4.34. The molecule has 4 fully saturated rings. The lowest BCUT2D eigenvalue weighted by Gasteiger charge is -2.61. The highest BCUT2D eigenvalue weighted by atomic mass is 19.1. The summed E-state index contributed by atoms with van der Waals surface area (Å²) in [7, 11) is 0. The van der Waals surface area contributed by atoms with Crippen LogP contribution in [0.3, 0.4) is 0 Å². The summed E-state index contributed by atoms with van der Waals surface area (Å²) in [5.41, 5.74) is 2.45. The van der Waals surface area contributed by atoms with Crippen molar-refractivity contribution in [2.24, 2.45) is 28.2 Å². The third-order valence-corrected chi connectivity index (χ3v) is 10.5. The number of nitrogens with zero attached hydrogens (tertiary/aromatic N) is 4. The largest absolute Gasteiger partial charge is 0.394 e. The predicted molar refractivity (Wildman–Crippen MR) is 170 cm³/mol. The Hall–Kier alpha value is -3.30. The highest BCUT2D eigenvalue weighted by molar-refractivity contribution is 5.96. The van der Waals surface area contributed by atoms with Gasteiger partial charge in [0.25, 0.3) is 5.56 Å². The topological polar surface area (TPSA) is 94.8 Å². The molecule has 0 amide bonds. The van der Waals surface area contributed by atoms with Crippen molar-refractivity contribution in [3.8, 4) is 0 Å². The van der Waals surface area contributed by atoms with Gasteiger partial charge in [0.05, 0.1) is 35.9 Å². The van der Waals surface area contributed by atoms with Crippen molar-refractivity contribution in [3.05, 3.63) is 70.5 Å². The second kappa shape index (κ2) is 11.7. The van der Waals surface area contributed by atoms with Crippen LogP contribution in [0.15, 0.2) is 58.6 Å². The third kappa shape index (κ3) is 5.81. The average molecular weight is 589 g/mol. The maximum atomic E-state index is 13.5. The number of fused-ring (bicyclic) bond motifs is 3. The minimum Gasteiger partial charge on any atom is -0.394 e. The fourth-order valence-corrected chi connectivity index (χ4v) is 7.89. The number of hydrogen-bond acceptors (Lipinski definition) is 5. The molecule has 2 heterocycles. The summed E-state index contributed by atoms with van der Waals surface area (Å²) >= 11 is 0. The number of rotatable bonds is 6. The number of guanidine groups is 1. The molecule has 7 rings (SSSR count). The first kappa shape index (κ1) is 29.8. The summed E-state index contributed by atoms with van der Waals surface area (Å²) < 4.78 is 14.8. The normalized spacial score (nSPS) is 29.3. The van der Waals surface area contributed by atoms with Crippen LogP contribution in [0.2, 0.25) is 0 Å². The van der Waals surface area contributed by atoms with Gasteiger partial charge >= 0.3 is 0 Å². The molecule has 3 aromatic rings. The quantitative estimate of drug-likeness (QED) is 0.282. The van der Waals surface area contributed by atoms with Gasteiger partial charge in [0, 0.05) is 30.9 Å². The second-order valence-electron chi connectivity index (χ2n) is 13.8. The van der Waals surface area contributed by atoms with E-state index in [0.717, 1.165) is 42.6 Å². The fourth-order valence-electron chi connectivity index (χ4n) is 7.89. The molecule has 3 aliphatic carbocycles. The molecule has 0 radical (unpaired) electrons. The molecule has 43 heavy (non-hydrogen) atoms. The number of benzene rings is 2. The minimum atomic E-state index is -0.503. The van der Waals surface area contributed by atoms with Gasteiger partial charge in [-0.1, -0.05) is 32.9 Å². The molecule has 1 aromatic heterocycles. The number of piperazine rings is 1. The molecule has 3 N–H and O–H groups in total. The molecule has 7 unspecified atom stereocenters. The third-order valence-electron chi connectivity index (χ3n) is 10.5. The van der Waals surface area contributed by atoms with Crippen LogP contribution in [0, 0.1) is 29.0 Å². The SMILES string of the molecule is CC1CN(C(=NC2CC3CC(C2C)C3(C)C)Nc2ccc3c(=O)n(C(CO)Cc4ccc(F)cc4)cnc3c2)CC(C)N1. The molecular weight excluding hydrogens is 543 g/mol. The molecule has 2 aromatic carbocycles. The van der Waals surface area contributed by atoms with Gasteiger partial charge in [-0.25, -0.2) is 14.4 Å². The maximum absolute atomic E-state index is 13.5. The monoisotopic (exact) mass is 588 g/mol. The van der Waals surface area contributed by atoms with E-state index in [4.69, 9.17) is 4.99 Å².